The van der Waals surface area contributed by atoms with E-state index in [-0.39, 0.29) is 0 Å². The fourth-order valence-corrected chi connectivity index (χ4v) is 3.20. The molecule has 0 heterocycles. The molecule has 0 aliphatic heterocycles. The SMILES string of the molecule is CCC(C)CN(CC)C(C(C)C)C(NC)c1ccccc1. The molecule has 2 heteroatoms. The van der Waals surface area contributed by atoms with Crippen LogP contribution in [0.1, 0.15) is 52.6 Å². The molecular formula is C19H34N2. The molecule has 1 aromatic rings. The first-order valence-corrected chi connectivity index (χ1v) is 8.51. The van der Waals surface area contributed by atoms with Gasteiger partial charge in [0.25, 0.3) is 0 Å². The third-order valence-corrected chi connectivity index (χ3v) is 4.57. The van der Waals surface area contributed by atoms with Gasteiger partial charge in [0.2, 0.25) is 0 Å². The van der Waals surface area contributed by atoms with Gasteiger partial charge in [-0.15, -0.1) is 0 Å². The monoisotopic (exact) mass is 290 g/mol. The summed E-state index contributed by atoms with van der Waals surface area (Å²) in [5.74, 6) is 1.37. The van der Waals surface area contributed by atoms with Crippen LogP contribution in [0.25, 0.3) is 0 Å². The lowest BCUT2D eigenvalue weighted by Gasteiger charge is -2.40. The van der Waals surface area contributed by atoms with Gasteiger partial charge in [0.15, 0.2) is 0 Å². The van der Waals surface area contributed by atoms with Crippen molar-refractivity contribution in [3.05, 3.63) is 35.9 Å². The zero-order valence-corrected chi connectivity index (χ0v) is 14.8. The van der Waals surface area contributed by atoms with E-state index in [0.29, 0.717) is 18.0 Å². The molecule has 21 heavy (non-hydrogen) atoms. The average Bonchev–Trinajstić information content (AvgIpc) is 2.50. The lowest BCUT2D eigenvalue weighted by atomic mass is 9.89. The fraction of sp³-hybridized carbons (Fsp3) is 0.684. The number of likely N-dealkylation sites (N-methyl/N-ethyl adjacent to an activating group) is 2. The highest BCUT2D eigenvalue weighted by Gasteiger charge is 2.30. The fourth-order valence-electron chi connectivity index (χ4n) is 3.20. The van der Waals surface area contributed by atoms with Crippen LogP contribution >= 0.6 is 0 Å². The molecule has 0 amide bonds. The van der Waals surface area contributed by atoms with Crippen LogP contribution in [0, 0.1) is 11.8 Å². The summed E-state index contributed by atoms with van der Waals surface area (Å²) >= 11 is 0. The van der Waals surface area contributed by atoms with Gasteiger partial charge in [-0.2, -0.15) is 0 Å². The molecule has 0 bridgehead atoms. The smallest absolute Gasteiger partial charge is 0.0478 e. The molecule has 0 aromatic heterocycles. The minimum atomic E-state index is 0.384. The van der Waals surface area contributed by atoms with E-state index in [9.17, 15) is 0 Å². The quantitative estimate of drug-likeness (QED) is 0.728. The van der Waals surface area contributed by atoms with E-state index in [0.717, 1.165) is 12.5 Å². The Morgan fingerprint density at radius 1 is 1.05 bits per heavy atom. The topological polar surface area (TPSA) is 15.3 Å². The maximum Gasteiger partial charge on any atom is 0.0478 e. The molecule has 2 nitrogen and oxygen atoms in total. The van der Waals surface area contributed by atoms with Gasteiger partial charge in [0.05, 0.1) is 0 Å². The van der Waals surface area contributed by atoms with Crippen molar-refractivity contribution in [2.24, 2.45) is 11.8 Å². The van der Waals surface area contributed by atoms with E-state index in [1.54, 1.807) is 0 Å². The lowest BCUT2D eigenvalue weighted by Crippen LogP contribution is -2.48. The molecule has 3 atom stereocenters. The Morgan fingerprint density at radius 3 is 2.10 bits per heavy atom. The Bertz CT molecular complexity index is 374. The van der Waals surface area contributed by atoms with Crippen LogP contribution in [-0.2, 0) is 0 Å². The van der Waals surface area contributed by atoms with Crippen molar-refractivity contribution in [3.8, 4) is 0 Å². The van der Waals surface area contributed by atoms with Crippen molar-refractivity contribution in [2.45, 2.75) is 53.1 Å². The van der Waals surface area contributed by atoms with E-state index in [1.165, 1.54) is 18.5 Å². The Labute approximate surface area is 131 Å². The number of hydrogen-bond acceptors (Lipinski definition) is 2. The summed E-state index contributed by atoms with van der Waals surface area (Å²) in [6.45, 7) is 13.9. The summed E-state index contributed by atoms with van der Waals surface area (Å²) in [6.07, 6.45) is 1.25. The van der Waals surface area contributed by atoms with Gasteiger partial charge in [-0.3, -0.25) is 4.90 Å². The van der Waals surface area contributed by atoms with E-state index in [2.05, 4.69) is 82.2 Å². The largest absolute Gasteiger partial charge is 0.312 e. The third kappa shape index (κ3) is 5.12. The number of benzene rings is 1. The summed E-state index contributed by atoms with van der Waals surface area (Å²) in [4.78, 5) is 2.66. The molecule has 0 aliphatic rings. The minimum Gasteiger partial charge on any atom is -0.312 e. The van der Waals surface area contributed by atoms with Gasteiger partial charge in [-0.1, -0.05) is 71.4 Å². The second kappa shape index (κ2) is 9.22. The molecular weight excluding hydrogens is 256 g/mol. The molecule has 0 saturated carbocycles. The van der Waals surface area contributed by atoms with Gasteiger partial charge in [-0.05, 0) is 31.0 Å². The van der Waals surface area contributed by atoms with E-state index >= 15 is 0 Å². The van der Waals surface area contributed by atoms with E-state index in [1.807, 2.05) is 0 Å². The second-order valence-electron chi connectivity index (χ2n) is 6.51. The summed E-state index contributed by atoms with van der Waals surface area (Å²) in [6, 6.07) is 11.8. The predicted octanol–water partition coefficient (Wildman–Crippen LogP) is 4.34. The van der Waals surface area contributed by atoms with Crippen molar-refractivity contribution in [2.75, 3.05) is 20.1 Å². The lowest BCUT2D eigenvalue weighted by molar-refractivity contribution is 0.108. The highest BCUT2D eigenvalue weighted by Crippen LogP contribution is 2.27. The van der Waals surface area contributed by atoms with Gasteiger partial charge in [0, 0.05) is 18.6 Å². The van der Waals surface area contributed by atoms with Crippen molar-refractivity contribution in [1.29, 1.82) is 0 Å². The van der Waals surface area contributed by atoms with Crippen LogP contribution < -0.4 is 5.32 Å². The summed E-state index contributed by atoms with van der Waals surface area (Å²) in [7, 11) is 2.09. The highest BCUT2D eigenvalue weighted by molar-refractivity contribution is 5.21. The van der Waals surface area contributed by atoms with Crippen LogP contribution in [0.4, 0.5) is 0 Å². The standard InChI is InChI=1S/C19H34N2/c1-7-16(5)14-21(8-2)19(15(3)4)18(20-6)17-12-10-9-11-13-17/h9-13,15-16,18-20H,7-8,14H2,1-6H3. The van der Waals surface area contributed by atoms with E-state index in [4.69, 9.17) is 0 Å². The van der Waals surface area contributed by atoms with Gasteiger partial charge >= 0.3 is 0 Å². The molecule has 3 unspecified atom stereocenters. The van der Waals surface area contributed by atoms with Gasteiger partial charge < -0.3 is 5.32 Å². The predicted molar refractivity (Wildman–Crippen MR) is 93.6 cm³/mol. The maximum absolute atomic E-state index is 3.56. The molecule has 1 N–H and O–H groups in total. The number of nitrogens with zero attached hydrogens (tertiary/aromatic N) is 1. The zero-order valence-electron chi connectivity index (χ0n) is 14.8. The van der Waals surface area contributed by atoms with Gasteiger partial charge in [-0.25, -0.2) is 0 Å². The average molecular weight is 290 g/mol. The van der Waals surface area contributed by atoms with Gasteiger partial charge in [0.1, 0.15) is 0 Å². The number of hydrogen-bond donors (Lipinski definition) is 1. The molecule has 1 rings (SSSR count). The molecule has 0 spiro atoms. The summed E-state index contributed by atoms with van der Waals surface area (Å²) in [5, 5.41) is 3.56. The minimum absolute atomic E-state index is 0.384. The van der Waals surface area contributed by atoms with Crippen LogP contribution in [0.2, 0.25) is 0 Å². The normalized spacial score (nSPS) is 16.2. The first-order valence-electron chi connectivity index (χ1n) is 8.51. The Hall–Kier alpha value is -0.860. The molecule has 1 aromatic carbocycles. The molecule has 0 saturated heterocycles. The van der Waals surface area contributed by atoms with Crippen LogP contribution in [0.5, 0.6) is 0 Å². The van der Waals surface area contributed by atoms with Crippen molar-refractivity contribution in [3.63, 3.8) is 0 Å². The van der Waals surface area contributed by atoms with Crippen molar-refractivity contribution >= 4 is 0 Å². The van der Waals surface area contributed by atoms with Crippen LogP contribution in [0.3, 0.4) is 0 Å². The summed E-state index contributed by atoms with van der Waals surface area (Å²) in [5.41, 5.74) is 1.39. The van der Waals surface area contributed by atoms with Crippen LogP contribution in [-0.4, -0.2) is 31.1 Å². The van der Waals surface area contributed by atoms with Crippen LogP contribution in [0.15, 0.2) is 30.3 Å². The zero-order chi connectivity index (χ0) is 15.8. The highest BCUT2D eigenvalue weighted by atomic mass is 15.2. The van der Waals surface area contributed by atoms with Crippen molar-refractivity contribution in [1.82, 2.24) is 10.2 Å². The number of nitrogens with one attached hydrogen (secondary N) is 1. The maximum atomic E-state index is 3.56. The van der Waals surface area contributed by atoms with E-state index < -0.39 is 0 Å². The molecule has 0 fully saturated rings. The first kappa shape index (κ1) is 18.2. The molecule has 0 radical (unpaired) electrons. The first-order chi connectivity index (χ1) is 10.0. The number of rotatable bonds is 9. The Kier molecular flexibility index (Phi) is 7.98. The van der Waals surface area contributed by atoms with Crippen molar-refractivity contribution < 1.29 is 0 Å². The third-order valence-electron chi connectivity index (χ3n) is 4.57. The second-order valence-corrected chi connectivity index (χ2v) is 6.51. The molecule has 0 aliphatic carbocycles. The molecule has 120 valence electrons. The Morgan fingerprint density at radius 2 is 1.67 bits per heavy atom. The Balaban J connectivity index is 3.01. The summed E-state index contributed by atoms with van der Waals surface area (Å²) < 4.78 is 0.